The summed E-state index contributed by atoms with van der Waals surface area (Å²) >= 11 is 0. The summed E-state index contributed by atoms with van der Waals surface area (Å²) in [6.07, 6.45) is 7.74. The van der Waals surface area contributed by atoms with Crippen molar-refractivity contribution in [2.24, 2.45) is 5.73 Å². The summed E-state index contributed by atoms with van der Waals surface area (Å²) in [6, 6.07) is 10.9. The van der Waals surface area contributed by atoms with E-state index >= 15 is 0 Å². The lowest BCUT2D eigenvalue weighted by molar-refractivity contribution is 0.375. The molecule has 1 aromatic carbocycles. The first-order chi connectivity index (χ1) is 8.59. The normalized spacial score (nSPS) is 13.6. The van der Waals surface area contributed by atoms with E-state index in [0.717, 1.165) is 6.42 Å². The molecule has 0 heterocycles. The van der Waals surface area contributed by atoms with Crippen LogP contribution in [0.3, 0.4) is 0 Å². The largest absolute Gasteiger partial charge is 0.327 e. The van der Waals surface area contributed by atoms with E-state index in [1.165, 1.54) is 37.7 Å². The minimum atomic E-state index is 0.0754. The maximum atomic E-state index is 6.40. The third kappa shape index (κ3) is 4.45. The van der Waals surface area contributed by atoms with Gasteiger partial charge in [0.2, 0.25) is 0 Å². The number of unbranched alkanes of at least 4 members (excludes halogenated alkanes) is 4. The highest BCUT2D eigenvalue weighted by molar-refractivity contribution is 5.25. The predicted octanol–water partition coefficient (Wildman–Crippen LogP) is 4.65. The quantitative estimate of drug-likeness (QED) is 0.665. The van der Waals surface area contributed by atoms with Crippen LogP contribution in [0.4, 0.5) is 0 Å². The molecule has 1 unspecified atom stereocenters. The fourth-order valence-corrected chi connectivity index (χ4v) is 2.41. The van der Waals surface area contributed by atoms with E-state index in [9.17, 15) is 0 Å². The van der Waals surface area contributed by atoms with Gasteiger partial charge in [-0.3, -0.25) is 0 Å². The Morgan fingerprint density at radius 1 is 1.00 bits per heavy atom. The van der Waals surface area contributed by atoms with Crippen molar-refractivity contribution in [2.45, 2.75) is 70.8 Å². The number of hydrogen-bond acceptors (Lipinski definition) is 1. The first-order valence-corrected chi connectivity index (χ1v) is 7.40. The molecule has 0 bridgehead atoms. The van der Waals surface area contributed by atoms with E-state index in [1.807, 2.05) is 0 Å². The lowest BCUT2D eigenvalue weighted by atomic mass is 9.76. The molecule has 1 atom stereocenters. The third-order valence-corrected chi connectivity index (χ3v) is 4.06. The number of rotatable bonds is 8. The van der Waals surface area contributed by atoms with Crippen molar-refractivity contribution in [1.29, 1.82) is 0 Å². The zero-order valence-electron chi connectivity index (χ0n) is 12.3. The van der Waals surface area contributed by atoms with Crippen LogP contribution in [-0.2, 0) is 5.41 Å². The second kappa shape index (κ2) is 7.58. The lowest BCUT2D eigenvalue weighted by Gasteiger charge is -2.32. The minimum Gasteiger partial charge on any atom is -0.327 e. The molecule has 0 aliphatic carbocycles. The molecule has 0 aliphatic rings. The molecule has 1 nitrogen and oxygen atoms in total. The SMILES string of the molecule is CCCCCCCC(N)C(C)(C)c1ccccc1. The molecular weight excluding hydrogens is 218 g/mol. The van der Waals surface area contributed by atoms with Crippen molar-refractivity contribution in [2.75, 3.05) is 0 Å². The van der Waals surface area contributed by atoms with Gasteiger partial charge in [0.05, 0.1) is 0 Å². The molecule has 1 heteroatoms. The zero-order chi connectivity index (χ0) is 13.4. The van der Waals surface area contributed by atoms with E-state index in [0.29, 0.717) is 0 Å². The van der Waals surface area contributed by atoms with Gasteiger partial charge in [0.1, 0.15) is 0 Å². The van der Waals surface area contributed by atoms with E-state index in [-0.39, 0.29) is 11.5 Å². The molecule has 0 spiro atoms. The third-order valence-electron chi connectivity index (χ3n) is 4.06. The predicted molar refractivity (Wildman–Crippen MR) is 80.8 cm³/mol. The standard InChI is InChI=1S/C17H29N/c1-4-5-6-7-11-14-16(18)17(2,3)15-12-9-8-10-13-15/h8-10,12-13,16H,4-7,11,14,18H2,1-3H3. The van der Waals surface area contributed by atoms with E-state index in [2.05, 4.69) is 51.1 Å². The molecule has 0 aromatic heterocycles. The molecule has 0 radical (unpaired) electrons. The maximum absolute atomic E-state index is 6.40. The number of hydrogen-bond donors (Lipinski definition) is 1. The average molecular weight is 247 g/mol. The Morgan fingerprint density at radius 3 is 2.22 bits per heavy atom. The van der Waals surface area contributed by atoms with Gasteiger partial charge in [-0.1, -0.05) is 83.2 Å². The summed E-state index contributed by atoms with van der Waals surface area (Å²) in [6.45, 7) is 6.78. The van der Waals surface area contributed by atoms with Crippen LogP contribution in [0.15, 0.2) is 30.3 Å². The Balaban J connectivity index is 2.42. The topological polar surface area (TPSA) is 26.0 Å². The van der Waals surface area contributed by atoms with Crippen LogP contribution in [0.2, 0.25) is 0 Å². The summed E-state index contributed by atoms with van der Waals surface area (Å²) in [7, 11) is 0. The summed E-state index contributed by atoms with van der Waals surface area (Å²) in [4.78, 5) is 0. The van der Waals surface area contributed by atoms with Crippen LogP contribution in [0, 0.1) is 0 Å². The summed E-state index contributed by atoms with van der Waals surface area (Å²) < 4.78 is 0. The van der Waals surface area contributed by atoms with Gasteiger partial charge in [-0.15, -0.1) is 0 Å². The summed E-state index contributed by atoms with van der Waals surface area (Å²) in [5, 5.41) is 0. The molecule has 0 saturated carbocycles. The van der Waals surface area contributed by atoms with Crippen molar-refractivity contribution in [3.8, 4) is 0 Å². The molecule has 2 N–H and O–H groups in total. The molecular formula is C17H29N. The van der Waals surface area contributed by atoms with Crippen LogP contribution in [0.5, 0.6) is 0 Å². The highest BCUT2D eigenvalue weighted by Gasteiger charge is 2.27. The van der Waals surface area contributed by atoms with Gasteiger partial charge in [0, 0.05) is 11.5 Å². The van der Waals surface area contributed by atoms with Gasteiger partial charge in [-0.05, 0) is 12.0 Å². The van der Waals surface area contributed by atoms with Crippen molar-refractivity contribution < 1.29 is 0 Å². The Bertz CT molecular complexity index is 316. The van der Waals surface area contributed by atoms with Gasteiger partial charge >= 0.3 is 0 Å². The maximum Gasteiger partial charge on any atom is 0.0131 e. The summed E-state index contributed by atoms with van der Waals surface area (Å²) in [5.74, 6) is 0. The molecule has 102 valence electrons. The van der Waals surface area contributed by atoms with Gasteiger partial charge in [0.15, 0.2) is 0 Å². The second-order valence-corrected chi connectivity index (χ2v) is 5.90. The van der Waals surface area contributed by atoms with Gasteiger partial charge < -0.3 is 5.73 Å². The Labute approximate surface area is 113 Å². The molecule has 0 saturated heterocycles. The van der Waals surface area contributed by atoms with Crippen LogP contribution in [-0.4, -0.2) is 6.04 Å². The highest BCUT2D eigenvalue weighted by atomic mass is 14.7. The fourth-order valence-electron chi connectivity index (χ4n) is 2.41. The van der Waals surface area contributed by atoms with E-state index in [1.54, 1.807) is 0 Å². The van der Waals surface area contributed by atoms with Gasteiger partial charge in [0.25, 0.3) is 0 Å². The average Bonchev–Trinajstić information content (AvgIpc) is 2.39. The first kappa shape index (κ1) is 15.2. The highest BCUT2D eigenvalue weighted by Crippen LogP contribution is 2.28. The molecule has 1 aromatic rings. The monoisotopic (exact) mass is 247 g/mol. The number of benzene rings is 1. The van der Waals surface area contributed by atoms with E-state index < -0.39 is 0 Å². The van der Waals surface area contributed by atoms with E-state index in [4.69, 9.17) is 5.73 Å². The fraction of sp³-hybridized carbons (Fsp3) is 0.647. The molecule has 18 heavy (non-hydrogen) atoms. The van der Waals surface area contributed by atoms with Gasteiger partial charge in [-0.2, -0.15) is 0 Å². The van der Waals surface area contributed by atoms with Crippen molar-refractivity contribution in [3.05, 3.63) is 35.9 Å². The molecule has 1 rings (SSSR count). The molecule has 0 fully saturated rings. The van der Waals surface area contributed by atoms with Gasteiger partial charge in [-0.25, -0.2) is 0 Å². The first-order valence-electron chi connectivity index (χ1n) is 7.40. The lowest BCUT2D eigenvalue weighted by Crippen LogP contribution is -2.40. The van der Waals surface area contributed by atoms with Crippen molar-refractivity contribution in [3.63, 3.8) is 0 Å². The van der Waals surface area contributed by atoms with Crippen molar-refractivity contribution in [1.82, 2.24) is 0 Å². The van der Waals surface area contributed by atoms with Crippen LogP contribution >= 0.6 is 0 Å². The second-order valence-electron chi connectivity index (χ2n) is 5.90. The van der Waals surface area contributed by atoms with Crippen LogP contribution < -0.4 is 5.73 Å². The van der Waals surface area contributed by atoms with Crippen LogP contribution in [0.1, 0.15) is 64.9 Å². The molecule has 0 aliphatic heterocycles. The number of nitrogens with two attached hydrogens (primary N) is 1. The van der Waals surface area contributed by atoms with Crippen LogP contribution in [0.25, 0.3) is 0 Å². The molecule has 0 amide bonds. The smallest absolute Gasteiger partial charge is 0.0131 e. The Kier molecular flexibility index (Phi) is 6.42. The Hall–Kier alpha value is -0.820. The summed E-state index contributed by atoms with van der Waals surface area (Å²) in [5.41, 5.74) is 7.83. The van der Waals surface area contributed by atoms with Crippen molar-refractivity contribution >= 4 is 0 Å². The minimum absolute atomic E-state index is 0.0754. The zero-order valence-corrected chi connectivity index (χ0v) is 12.3. The Morgan fingerprint density at radius 2 is 1.61 bits per heavy atom.